The van der Waals surface area contributed by atoms with Crippen LogP contribution in [0.1, 0.15) is 38.1 Å². The van der Waals surface area contributed by atoms with E-state index >= 15 is 0 Å². The number of halogens is 1. The van der Waals surface area contributed by atoms with Crippen LogP contribution in [0.25, 0.3) is 5.65 Å². The highest BCUT2D eigenvalue weighted by molar-refractivity contribution is 14.1. The first-order valence-electron chi connectivity index (χ1n) is 8.23. The fourth-order valence-electron chi connectivity index (χ4n) is 2.74. The summed E-state index contributed by atoms with van der Waals surface area (Å²) in [5, 5.41) is 6.46. The average molecular weight is 458 g/mol. The molecule has 1 atom stereocenters. The lowest BCUT2D eigenvalue weighted by molar-refractivity contribution is -0.136. The smallest absolute Gasteiger partial charge is 0.351 e. The molecule has 2 aromatic heterocycles. The fourth-order valence-corrected chi connectivity index (χ4v) is 3.28. The monoisotopic (exact) mass is 458 g/mol. The lowest BCUT2D eigenvalue weighted by atomic mass is 10.1. The topological polar surface area (TPSA) is 94.7 Å². The first kappa shape index (κ1) is 17.9. The van der Waals surface area contributed by atoms with Gasteiger partial charge in [0.15, 0.2) is 5.65 Å². The molecular weight excluding hydrogens is 439 g/mol. The number of rotatable bonds is 7. The molecule has 0 saturated carbocycles. The number of unbranched alkanes of at least 4 members (excludes halogenated alkanes) is 2. The SMILES string of the molecule is O=C1CCC(n2nc3ccc(OCCCCCI)cn3c2=O)C(=O)N1. The van der Waals surface area contributed by atoms with E-state index < -0.39 is 17.6 Å². The molecule has 9 heteroatoms. The van der Waals surface area contributed by atoms with Crippen molar-refractivity contribution in [3.05, 3.63) is 28.8 Å². The number of hydrogen-bond acceptors (Lipinski definition) is 5. The molecule has 0 radical (unpaired) electrons. The van der Waals surface area contributed by atoms with E-state index in [1.165, 1.54) is 10.8 Å². The van der Waals surface area contributed by atoms with E-state index in [1.807, 2.05) is 0 Å². The summed E-state index contributed by atoms with van der Waals surface area (Å²) in [5.74, 6) is -0.225. The van der Waals surface area contributed by atoms with Gasteiger partial charge in [-0.1, -0.05) is 22.6 Å². The maximum absolute atomic E-state index is 12.6. The van der Waals surface area contributed by atoms with Crippen molar-refractivity contribution in [1.82, 2.24) is 19.5 Å². The second kappa shape index (κ2) is 7.98. The minimum Gasteiger partial charge on any atom is -0.492 e. The maximum atomic E-state index is 12.6. The van der Waals surface area contributed by atoms with Crippen molar-refractivity contribution in [2.24, 2.45) is 0 Å². The van der Waals surface area contributed by atoms with E-state index in [1.54, 1.807) is 18.3 Å². The Morgan fingerprint density at radius 1 is 1.24 bits per heavy atom. The predicted molar refractivity (Wildman–Crippen MR) is 99.1 cm³/mol. The largest absolute Gasteiger partial charge is 0.492 e. The third-order valence-electron chi connectivity index (χ3n) is 4.06. The van der Waals surface area contributed by atoms with Crippen molar-refractivity contribution >= 4 is 40.1 Å². The normalized spacial score (nSPS) is 17.7. The second-order valence-electron chi connectivity index (χ2n) is 5.89. The highest BCUT2D eigenvalue weighted by Crippen LogP contribution is 2.17. The zero-order chi connectivity index (χ0) is 17.8. The van der Waals surface area contributed by atoms with Gasteiger partial charge < -0.3 is 4.74 Å². The van der Waals surface area contributed by atoms with Gasteiger partial charge in [0.25, 0.3) is 5.91 Å². The first-order valence-corrected chi connectivity index (χ1v) is 9.76. The summed E-state index contributed by atoms with van der Waals surface area (Å²) in [5.41, 5.74) is 0.0202. The Labute approximate surface area is 157 Å². The molecular formula is C16H19IN4O4. The number of imide groups is 1. The number of alkyl halides is 1. The molecule has 1 aliphatic heterocycles. The number of aromatic nitrogens is 3. The van der Waals surface area contributed by atoms with Crippen LogP contribution in [0, 0.1) is 0 Å². The zero-order valence-electron chi connectivity index (χ0n) is 13.6. The van der Waals surface area contributed by atoms with Crippen LogP contribution >= 0.6 is 22.6 Å². The first-order chi connectivity index (χ1) is 12.1. The number of ether oxygens (including phenoxy) is 1. The summed E-state index contributed by atoms with van der Waals surface area (Å²) in [7, 11) is 0. The molecule has 1 aliphatic rings. The molecule has 1 fully saturated rings. The number of hydrogen-bond donors (Lipinski definition) is 1. The van der Waals surface area contributed by atoms with Crippen LogP contribution in [0.15, 0.2) is 23.1 Å². The Kier molecular flexibility index (Phi) is 5.71. The van der Waals surface area contributed by atoms with Gasteiger partial charge in [0, 0.05) is 6.42 Å². The van der Waals surface area contributed by atoms with Crippen molar-refractivity contribution < 1.29 is 14.3 Å². The Morgan fingerprint density at radius 2 is 2.08 bits per heavy atom. The van der Waals surface area contributed by atoms with Crippen LogP contribution in [-0.2, 0) is 9.59 Å². The van der Waals surface area contributed by atoms with Crippen molar-refractivity contribution in [2.75, 3.05) is 11.0 Å². The Hall–Kier alpha value is -1.91. The molecule has 1 saturated heterocycles. The molecule has 0 aromatic carbocycles. The van der Waals surface area contributed by atoms with Crippen molar-refractivity contribution in [2.45, 2.75) is 38.1 Å². The number of fused-ring (bicyclic) bond motifs is 1. The number of pyridine rings is 1. The Balaban J connectivity index is 1.77. The van der Waals surface area contributed by atoms with E-state index in [0.29, 0.717) is 18.0 Å². The summed E-state index contributed by atoms with van der Waals surface area (Å²) < 4.78 is 9.33. The van der Waals surface area contributed by atoms with Gasteiger partial charge in [-0.2, -0.15) is 4.68 Å². The van der Waals surface area contributed by atoms with E-state index in [2.05, 4.69) is 33.0 Å². The standard InChI is InChI=1S/C16H19IN4O4/c17-8-2-1-3-9-25-11-4-6-13-19-21(16(24)20(13)10-11)12-5-7-14(22)18-15(12)23/h4,6,10,12H,1-3,5,7-9H2,(H,18,22,23). The minimum absolute atomic E-state index is 0.197. The maximum Gasteiger partial charge on any atom is 0.351 e. The summed E-state index contributed by atoms with van der Waals surface area (Å²) in [4.78, 5) is 35.8. The zero-order valence-corrected chi connectivity index (χ0v) is 15.8. The Bertz CT molecular complexity index is 844. The van der Waals surface area contributed by atoms with Gasteiger partial charge in [0.05, 0.1) is 12.8 Å². The van der Waals surface area contributed by atoms with E-state index in [-0.39, 0.29) is 18.7 Å². The molecule has 8 nitrogen and oxygen atoms in total. The van der Waals surface area contributed by atoms with Crippen molar-refractivity contribution in [3.63, 3.8) is 0 Å². The minimum atomic E-state index is -0.761. The van der Waals surface area contributed by atoms with Gasteiger partial charge in [0.2, 0.25) is 5.91 Å². The fraction of sp³-hybridized carbons (Fsp3) is 0.500. The molecule has 0 spiro atoms. The Morgan fingerprint density at radius 3 is 2.84 bits per heavy atom. The number of carbonyl (C=O) groups is 2. The second-order valence-corrected chi connectivity index (χ2v) is 6.96. The molecule has 2 aromatic rings. The highest BCUT2D eigenvalue weighted by Gasteiger charge is 2.30. The number of nitrogens with one attached hydrogen (secondary N) is 1. The summed E-state index contributed by atoms with van der Waals surface area (Å²) in [6.45, 7) is 0.595. The molecule has 1 unspecified atom stereocenters. The molecule has 1 N–H and O–H groups in total. The number of amides is 2. The third-order valence-corrected chi connectivity index (χ3v) is 4.83. The van der Waals surface area contributed by atoms with Crippen molar-refractivity contribution in [3.8, 4) is 5.75 Å². The molecule has 3 heterocycles. The van der Waals surface area contributed by atoms with Crippen molar-refractivity contribution in [1.29, 1.82) is 0 Å². The van der Waals surface area contributed by atoms with Crippen LogP contribution in [0.2, 0.25) is 0 Å². The van der Waals surface area contributed by atoms with E-state index in [4.69, 9.17) is 4.74 Å². The van der Waals surface area contributed by atoms with Crippen LogP contribution in [0.4, 0.5) is 0 Å². The highest BCUT2D eigenvalue weighted by atomic mass is 127. The van der Waals surface area contributed by atoms with Crippen LogP contribution in [-0.4, -0.2) is 37.0 Å². The third kappa shape index (κ3) is 4.02. The molecule has 25 heavy (non-hydrogen) atoms. The van der Waals surface area contributed by atoms with Gasteiger partial charge in [0.1, 0.15) is 11.8 Å². The van der Waals surface area contributed by atoms with Crippen LogP contribution in [0.5, 0.6) is 5.75 Å². The number of piperidine rings is 1. The van der Waals surface area contributed by atoms with E-state index in [0.717, 1.165) is 22.0 Å². The van der Waals surface area contributed by atoms with Crippen LogP contribution in [0.3, 0.4) is 0 Å². The average Bonchev–Trinajstić information content (AvgIpc) is 2.91. The predicted octanol–water partition coefficient (Wildman–Crippen LogP) is 1.46. The van der Waals surface area contributed by atoms with E-state index in [9.17, 15) is 14.4 Å². The molecule has 3 rings (SSSR count). The van der Waals surface area contributed by atoms with Gasteiger partial charge in [-0.3, -0.25) is 14.9 Å². The molecule has 0 bridgehead atoms. The lowest BCUT2D eigenvalue weighted by Crippen LogP contribution is -2.44. The van der Waals surface area contributed by atoms with Gasteiger partial charge in [-0.25, -0.2) is 9.20 Å². The summed E-state index contributed by atoms with van der Waals surface area (Å²) >= 11 is 2.35. The van der Waals surface area contributed by atoms with Gasteiger partial charge in [-0.15, -0.1) is 5.10 Å². The molecule has 134 valence electrons. The number of carbonyl (C=O) groups excluding carboxylic acids is 2. The van der Waals surface area contributed by atoms with Gasteiger partial charge >= 0.3 is 5.69 Å². The lowest BCUT2D eigenvalue weighted by Gasteiger charge is -2.19. The molecule has 0 aliphatic carbocycles. The molecule has 2 amide bonds. The summed E-state index contributed by atoms with van der Waals surface area (Å²) in [6.07, 6.45) is 5.30. The van der Waals surface area contributed by atoms with Gasteiger partial charge in [-0.05, 0) is 42.2 Å². The van der Waals surface area contributed by atoms with Crippen LogP contribution < -0.4 is 15.7 Å². The summed E-state index contributed by atoms with van der Waals surface area (Å²) in [6, 6.07) is 2.68. The quantitative estimate of drug-likeness (QED) is 0.294. The number of nitrogens with zero attached hydrogens (tertiary/aromatic N) is 3.